The van der Waals surface area contributed by atoms with Crippen molar-refractivity contribution in [3.8, 4) is 0 Å². The quantitative estimate of drug-likeness (QED) is 0.0261. The van der Waals surface area contributed by atoms with Crippen LogP contribution in [-0.4, -0.2) is 87.5 Å². The van der Waals surface area contributed by atoms with E-state index >= 15 is 0 Å². The maximum atomic E-state index is 13.1. The molecule has 1 fully saturated rings. The standard InChI is InChI=1S/C62H121NO8/c1-3-5-7-9-11-13-15-17-18-19-20-21-22-23-24-25-26-27-28-29-30-31-32-33-34-35-36-37-38-40-42-44-46-48-50-52-58(66)63-55(54-70-62-61(69)60(68)59(67)57(53-64)71-62)56(65)51-49-47-45-43-41-39-16-14-12-10-8-6-4-2/h25-26,55-57,59-62,64-65,67-69H,3-24,27-54H2,1-2H3,(H,63,66)/b26-25-. The molecule has 1 amide bonds. The predicted octanol–water partition coefficient (Wildman–Crippen LogP) is 16.0. The summed E-state index contributed by atoms with van der Waals surface area (Å²) >= 11 is 0. The lowest BCUT2D eigenvalue weighted by molar-refractivity contribution is -0.302. The molecule has 9 heteroatoms. The number of ether oxygens (including phenoxy) is 2. The minimum atomic E-state index is -1.55. The molecule has 1 heterocycles. The first-order valence-electron chi connectivity index (χ1n) is 31.4. The van der Waals surface area contributed by atoms with Gasteiger partial charge >= 0.3 is 0 Å². The Labute approximate surface area is 439 Å². The highest BCUT2D eigenvalue weighted by molar-refractivity contribution is 5.76. The average molecular weight is 1010 g/mol. The molecule has 422 valence electrons. The number of unbranched alkanes of at least 4 members (excludes halogenated alkanes) is 43. The molecule has 0 bridgehead atoms. The molecule has 0 radical (unpaired) electrons. The van der Waals surface area contributed by atoms with Crippen molar-refractivity contribution >= 4 is 5.91 Å². The highest BCUT2D eigenvalue weighted by atomic mass is 16.7. The second kappa shape index (κ2) is 52.4. The van der Waals surface area contributed by atoms with Crippen molar-refractivity contribution in [3.63, 3.8) is 0 Å². The first kappa shape index (κ1) is 67.9. The van der Waals surface area contributed by atoms with E-state index in [1.807, 2.05) is 0 Å². The Bertz CT molecular complexity index is 1120. The van der Waals surface area contributed by atoms with Crippen molar-refractivity contribution in [2.45, 2.75) is 365 Å². The monoisotopic (exact) mass is 1010 g/mol. The van der Waals surface area contributed by atoms with Crippen LogP contribution in [0.15, 0.2) is 12.2 Å². The SMILES string of the molecule is CCCCCCCCCCCCCCCC/C=C\CCCCCCCCCCCCCCCCCCCC(=O)NC(COC1OC(CO)C(O)C(O)C1O)C(O)CCCCCCCCCCCCCCC. The van der Waals surface area contributed by atoms with Gasteiger partial charge in [-0.1, -0.05) is 289 Å². The van der Waals surface area contributed by atoms with Gasteiger partial charge < -0.3 is 40.3 Å². The summed E-state index contributed by atoms with van der Waals surface area (Å²) in [7, 11) is 0. The molecule has 7 atom stereocenters. The molecule has 0 aliphatic carbocycles. The first-order chi connectivity index (χ1) is 34.8. The molecule has 1 aliphatic rings. The van der Waals surface area contributed by atoms with Crippen LogP contribution in [0.5, 0.6) is 0 Å². The van der Waals surface area contributed by atoms with Crippen LogP contribution in [0.2, 0.25) is 0 Å². The Morgan fingerprint density at radius 1 is 0.465 bits per heavy atom. The largest absolute Gasteiger partial charge is 0.394 e. The van der Waals surface area contributed by atoms with Crippen LogP contribution in [-0.2, 0) is 14.3 Å². The minimum Gasteiger partial charge on any atom is -0.394 e. The van der Waals surface area contributed by atoms with Gasteiger partial charge in [0.25, 0.3) is 0 Å². The van der Waals surface area contributed by atoms with Gasteiger partial charge in [-0.25, -0.2) is 0 Å². The summed E-state index contributed by atoms with van der Waals surface area (Å²) in [5.41, 5.74) is 0. The van der Waals surface area contributed by atoms with Crippen molar-refractivity contribution in [2.24, 2.45) is 0 Å². The molecule has 1 saturated heterocycles. The van der Waals surface area contributed by atoms with Crippen LogP contribution in [0, 0.1) is 0 Å². The predicted molar refractivity (Wildman–Crippen MR) is 300 cm³/mol. The summed E-state index contributed by atoms with van der Waals surface area (Å²) in [5.74, 6) is -0.138. The van der Waals surface area contributed by atoms with Gasteiger partial charge in [0.15, 0.2) is 6.29 Å². The Balaban J connectivity index is 2.05. The maximum absolute atomic E-state index is 13.1. The number of hydrogen-bond donors (Lipinski definition) is 6. The van der Waals surface area contributed by atoms with Gasteiger partial charge in [-0.15, -0.1) is 0 Å². The third-order valence-electron chi connectivity index (χ3n) is 15.4. The van der Waals surface area contributed by atoms with Crippen molar-refractivity contribution in [1.82, 2.24) is 5.32 Å². The summed E-state index contributed by atoms with van der Waals surface area (Å²) in [4.78, 5) is 13.1. The Morgan fingerprint density at radius 3 is 1.14 bits per heavy atom. The van der Waals surface area contributed by atoms with Crippen LogP contribution >= 0.6 is 0 Å². The zero-order chi connectivity index (χ0) is 51.5. The number of rotatable bonds is 55. The Hall–Kier alpha value is -1.07. The van der Waals surface area contributed by atoms with Crippen LogP contribution < -0.4 is 5.32 Å². The highest BCUT2D eigenvalue weighted by Crippen LogP contribution is 2.23. The second-order valence-corrected chi connectivity index (χ2v) is 22.2. The fraction of sp³-hybridized carbons (Fsp3) is 0.952. The van der Waals surface area contributed by atoms with Crippen molar-refractivity contribution in [3.05, 3.63) is 12.2 Å². The number of hydrogen-bond acceptors (Lipinski definition) is 8. The van der Waals surface area contributed by atoms with E-state index in [9.17, 15) is 30.3 Å². The molecule has 7 unspecified atom stereocenters. The molecule has 0 aromatic heterocycles. The van der Waals surface area contributed by atoms with Crippen LogP contribution in [0.4, 0.5) is 0 Å². The van der Waals surface area contributed by atoms with Crippen LogP contribution in [0.25, 0.3) is 0 Å². The second-order valence-electron chi connectivity index (χ2n) is 22.2. The van der Waals surface area contributed by atoms with Crippen molar-refractivity contribution in [1.29, 1.82) is 0 Å². The summed E-state index contributed by atoms with van der Waals surface area (Å²) in [6.45, 7) is 3.87. The maximum Gasteiger partial charge on any atom is 0.220 e. The molecule has 6 N–H and O–H groups in total. The molecule has 0 spiro atoms. The number of nitrogens with one attached hydrogen (secondary N) is 1. The Morgan fingerprint density at radius 2 is 0.789 bits per heavy atom. The normalized spacial score (nSPS) is 19.2. The number of allylic oxidation sites excluding steroid dienone is 2. The van der Waals surface area contributed by atoms with E-state index in [2.05, 4.69) is 31.3 Å². The van der Waals surface area contributed by atoms with Gasteiger partial charge in [0.1, 0.15) is 24.4 Å². The zero-order valence-electron chi connectivity index (χ0n) is 47.0. The third-order valence-corrected chi connectivity index (χ3v) is 15.4. The molecule has 1 rings (SSSR count). The lowest BCUT2D eigenvalue weighted by atomic mass is 9.99. The average Bonchev–Trinajstić information content (AvgIpc) is 3.37. The molecule has 71 heavy (non-hydrogen) atoms. The van der Waals surface area contributed by atoms with E-state index in [0.717, 1.165) is 38.5 Å². The third kappa shape index (κ3) is 41.8. The highest BCUT2D eigenvalue weighted by Gasteiger charge is 2.44. The molecular weight excluding hydrogens is 887 g/mol. The van der Waals surface area contributed by atoms with Crippen molar-refractivity contribution in [2.75, 3.05) is 13.2 Å². The van der Waals surface area contributed by atoms with Gasteiger partial charge in [0.05, 0.1) is 25.4 Å². The van der Waals surface area contributed by atoms with Crippen LogP contribution in [0.3, 0.4) is 0 Å². The number of carbonyl (C=O) groups excluding carboxylic acids is 1. The number of aliphatic hydroxyl groups is 5. The zero-order valence-corrected chi connectivity index (χ0v) is 47.0. The number of aliphatic hydroxyl groups excluding tert-OH is 5. The number of amides is 1. The summed E-state index contributed by atoms with van der Waals surface area (Å²) in [6.07, 6.45) is 58.5. The van der Waals surface area contributed by atoms with Gasteiger partial charge in [-0.05, 0) is 38.5 Å². The molecular formula is C62H121NO8. The van der Waals surface area contributed by atoms with E-state index in [-0.39, 0.29) is 12.5 Å². The van der Waals surface area contributed by atoms with Crippen LogP contribution in [0.1, 0.15) is 322 Å². The molecule has 9 nitrogen and oxygen atoms in total. The molecule has 0 aromatic rings. The fourth-order valence-electron chi connectivity index (χ4n) is 10.4. The minimum absolute atomic E-state index is 0.133. The summed E-state index contributed by atoms with van der Waals surface area (Å²) in [6, 6.07) is -0.715. The number of carbonyl (C=O) groups is 1. The first-order valence-corrected chi connectivity index (χ1v) is 31.4. The lowest BCUT2D eigenvalue weighted by Crippen LogP contribution is -2.60. The Kier molecular flexibility index (Phi) is 50.1. The van der Waals surface area contributed by atoms with E-state index in [0.29, 0.717) is 12.8 Å². The smallest absolute Gasteiger partial charge is 0.220 e. The molecule has 0 saturated carbocycles. The molecule has 1 aliphatic heterocycles. The van der Waals surface area contributed by atoms with Gasteiger partial charge in [-0.3, -0.25) is 4.79 Å². The summed E-state index contributed by atoms with van der Waals surface area (Å²) in [5, 5.41) is 54.6. The van der Waals surface area contributed by atoms with E-state index in [4.69, 9.17) is 9.47 Å². The summed E-state index contributed by atoms with van der Waals surface area (Å²) < 4.78 is 11.3. The molecule has 0 aromatic carbocycles. The van der Waals surface area contributed by atoms with Crippen molar-refractivity contribution < 1.29 is 39.8 Å². The topological polar surface area (TPSA) is 149 Å². The van der Waals surface area contributed by atoms with E-state index < -0.39 is 49.5 Å². The fourth-order valence-corrected chi connectivity index (χ4v) is 10.4. The van der Waals surface area contributed by atoms with Gasteiger partial charge in [0, 0.05) is 6.42 Å². The lowest BCUT2D eigenvalue weighted by Gasteiger charge is -2.40. The van der Waals surface area contributed by atoms with Gasteiger partial charge in [-0.2, -0.15) is 0 Å². The van der Waals surface area contributed by atoms with Gasteiger partial charge in [0.2, 0.25) is 5.91 Å². The van der Waals surface area contributed by atoms with E-state index in [1.54, 1.807) is 0 Å². The van der Waals surface area contributed by atoms with E-state index in [1.165, 1.54) is 257 Å².